The molecule has 0 unspecified atom stereocenters. The highest BCUT2D eigenvalue weighted by molar-refractivity contribution is 5.99. The van der Waals surface area contributed by atoms with Gasteiger partial charge in [0.15, 0.2) is 17.3 Å². The Hall–Kier alpha value is -1.77. The lowest BCUT2D eigenvalue weighted by atomic mass is 10.0. The van der Waals surface area contributed by atoms with Gasteiger partial charge in [-0.15, -0.1) is 6.58 Å². The molecule has 0 atom stereocenters. The molecule has 17 heavy (non-hydrogen) atoms. The lowest BCUT2D eigenvalue weighted by molar-refractivity contribution is 0.0977. The van der Waals surface area contributed by atoms with Crippen molar-refractivity contribution < 1.29 is 14.3 Å². The summed E-state index contributed by atoms with van der Waals surface area (Å²) >= 11 is 0. The van der Waals surface area contributed by atoms with E-state index in [2.05, 4.69) is 6.58 Å². The summed E-state index contributed by atoms with van der Waals surface area (Å²) < 4.78 is 10.4. The topological polar surface area (TPSA) is 35.5 Å². The predicted molar refractivity (Wildman–Crippen MR) is 67.9 cm³/mol. The number of para-hydroxylation sites is 1. The first kappa shape index (κ1) is 13.3. The van der Waals surface area contributed by atoms with Crippen LogP contribution in [0.5, 0.6) is 11.5 Å². The number of Topliss-reactive ketones (excluding diaryl/α,β-unsaturated/α-hetero) is 1. The van der Waals surface area contributed by atoms with E-state index in [-0.39, 0.29) is 5.78 Å². The van der Waals surface area contributed by atoms with Gasteiger partial charge in [-0.25, -0.2) is 0 Å². The molecule has 0 saturated carbocycles. The highest BCUT2D eigenvalue weighted by atomic mass is 16.5. The smallest absolute Gasteiger partial charge is 0.171 e. The number of carbonyl (C=O) groups excluding carboxylic acids is 1. The normalized spacial score (nSPS) is 9.76. The Morgan fingerprint density at radius 3 is 2.71 bits per heavy atom. The fraction of sp³-hybridized carbons (Fsp3) is 0.357. The van der Waals surface area contributed by atoms with Gasteiger partial charge in [-0.2, -0.15) is 0 Å². The van der Waals surface area contributed by atoms with Crippen LogP contribution in [0.3, 0.4) is 0 Å². The van der Waals surface area contributed by atoms with Crippen LogP contribution in [0.1, 0.15) is 29.6 Å². The standard InChI is InChI=1S/C14H18O3/c1-4-5-6-9-12(15)11-8-7-10-13(16-2)14(11)17-3/h4,7-8,10H,1,5-6,9H2,2-3H3. The maximum atomic E-state index is 12.0. The van der Waals surface area contributed by atoms with E-state index in [0.717, 1.165) is 12.8 Å². The molecule has 0 amide bonds. The van der Waals surface area contributed by atoms with Gasteiger partial charge in [-0.05, 0) is 25.0 Å². The molecule has 0 saturated heterocycles. The highest BCUT2D eigenvalue weighted by Crippen LogP contribution is 2.31. The van der Waals surface area contributed by atoms with Crippen molar-refractivity contribution in [3.05, 3.63) is 36.4 Å². The minimum absolute atomic E-state index is 0.0719. The first-order valence-corrected chi connectivity index (χ1v) is 5.59. The zero-order valence-electron chi connectivity index (χ0n) is 10.4. The summed E-state index contributed by atoms with van der Waals surface area (Å²) in [5.74, 6) is 1.17. The van der Waals surface area contributed by atoms with Crippen LogP contribution in [-0.2, 0) is 0 Å². The average Bonchev–Trinajstić information content (AvgIpc) is 2.37. The van der Waals surface area contributed by atoms with Crippen molar-refractivity contribution >= 4 is 5.78 Å². The van der Waals surface area contributed by atoms with Crippen LogP contribution in [0.4, 0.5) is 0 Å². The molecule has 92 valence electrons. The van der Waals surface area contributed by atoms with Crippen molar-refractivity contribution in [2.45, 2.75) is 19.3 Å². The summed E-state index contributed by atoms with van der Waals surface area (Å²) in [6.45, 7) is 3.64. The van der Waals surface area contributed by atoms with Crippen molar-refractivity contribution in [2.75, 3.05) is 14.2 Å². The molecule has 0 spiro atoms. The number of ketones is 1. The lowest BCUT2D eigenvalue weighted by Gasteiger charge is -2.11. The van der Waals surface area contributed by atoms with E-state index in [1.165, 1.54) is 0 Å². The molecule has 0 N–H and O–H groups in total. The van der Waals surface area contributed by atoms with E-state index < -0.39 is 0 Å². The SMILES string of the molecule is C=CCCCC(=O)c1cccc(OC)c1OC. The van der Waals surface area contributed by atoms with Crippen LogP contribution in [0.25, 0.3) is 0 Å². The van der Waals surface area contributed by atoms with Crippen LogP contribution in [0.15, 0.2) is 30.9 Å². The molecule has 1 rings (SSSR count). The molecule has 0 fully saturated rings. The molecule has 0 aliphatic heterocycles. The van der Waals surface area contributed by atoms with Gasteiger partial charge in [0.25, 0.3) is 0 Å². The molecule has 3 nitrogen and oxygen atoms in total. The second-order valence-electron chi connectivity index (χ2n) is 3.65. The van der Waals surface area contributed by atoms with Crippen LogP contribution in [0, 0.1) is 0 Å². The van der Waals surface area contributed by atoms with E-state index in [0.29, 0.717) is 23.5 Å². The summed E-state index contributed by atoms with van der Waals surface area (Å²) in [4.78, 5) is 12.0. The van der Waals surface area contributed by atoms with Gasteiger partial charge < -0.3 is 9.47 Å². The minimum atomic E-state index is 0.0719. The molecular formula is C14H18O3. The number of allylic oxidation sites excluding steroid dienone is 1. The van der Waals surface area contributed by atoms with Crippen LogP contribution in [0.2, 0.25) is 0 Å². The Morgan fingerprint density at radius 1 is 1.35 bits per heavy atom. The van der Waals surface area contributed by atoms with Crippen molar-refractivity contribution in [3.63, 3.8) is 0 Å². The molecule has 0 radical (unpaired) electrons. The van der Waals surface area contributed by atoms with Crippen LogP contribution < -0.4 is 9.47 Å². The van der Waals surface area contributed by atoms with E-state index >= 15 is 0 Å². The van der Waals surface area contributed by atoms with Gasteiger partial charge in [0.2, 0.25) is 0 Å². The molecule has 0 bridgehead atoms. The molecule has 1 aromatic carbocycles. The fourth-order valence-electron chi connectivity index (χ4n) is 1.65. The minimum Gasteiger partial charge on any atom is -0.493 e. The monoisotopic (exact) mass is 234 g/mol. The zero-order valence-corrected chi connectivity index (χ0v) is 10.4. The van der Waals surface area contributed by atoms with Crippen molar-refractivity contribution in [1.29, 1.82) is 0 Å². The number of benzene rings is 1. The van der Waals surface area contributed by atoms with E-state index in [1.807, 2.05) is 6.08 Å². The van der Waals surface area contributed by atoms with E-state index in [1.54, 1.807) is 32.4 Å². The maximum absolute atomic E-state index is 12.0. The number of rotatable bonds is 7. The van der Waals surface area contributed by atoms with Gasteiger partial charge in [0.05, 0.1) is 19.8 Å². The Bertz CT molecular complexity index is 396. The molecule has 0 aliphatic rings. The Morgan fingerprint density at radius 2 is 2.12 bits per heavy atom. The largest absolute Gasteiger partial charge is 0.493 e. The summed E-state index contributed by atoms with van der Waals surface area (Å²) in [6, 6.07) is 5.33. The number of methoxy groups -OCH3 is 2. The third kappa shape index (κ3) is 3.34. The third-order valence-corrected chi connectivity index (χ3v) is 2.52. The maximum Gasteiger partial charge on any atom is 0.171 e. The summed E-state index contributed by atoms with van der Waals surface area (Å²) in [5, 5.41) is 0. The third-order valence-electron chi connectivity index (χ3n) is 2.52. The zero-order chi connectivity index (χ0) is 12.7. The summed E-state index contributed by atoms with van der Waals surface area (Å²) in [6.07, 6.45) is 3.96. The molecule has 1 aromatic rings. The molecule has 0 aromatic heterocycles. The Kier molecular flexibility index (Phi) is 5.27. The fourth-order valence-corrected chi connectivity index (χ4v) is 1.65. The van der Waals surface area contributed by atoms with Gasteiger partial charge in [-0.3, -0.25) is 4.79 Å². The molecular weight excluding hydrogens is 216 g/mol. The highest BCUT2D eigenvalue weighted by Gasteiger charge is 2.15. The van der Waals surface area contributed by atoms with Gasteiger partial charge in [0.1, 0.15) is 0 Å². The van der Waals surface area contributed by atoms with Crippen molar-refractivity contribution in [1.82, 2.24) is 0 Å². The van der Waals surface area contributed by atoms with Gasteiger partial charge >= 0.3 is 0 Å². The average molecular weight is 234 g/mol. The van der Waals surface area contributed by atoms with Crippen molar-refractivity contribution in [2.24, 2.45) is 0 Å². The Balaban J connectivity index is 2.88. The van der Waals surface area contributed by atoms with E-state index in [4.69, 9.17) is 9.47 Å². The first-order chi connectivity index (χ1) is 8.24. The van der Waals surface area contributed by atoms with Gasteiger partial charge in [-0.1, -0.05) is 12.1 Å². The molecule has 0 aliphatic carbocycles. The molecule has 3 heteroatoms. The van der Waals surface area contributed by atoms with E-state index in [9.17, 15) is 4.79 Å². The van der Waals surface area contributed by atoms with Crippen LogP contribution >= 0.6 is 0 Å². The number of unbranched alkanes of at least 4 members (excludes halogenated alkanes) is 1. The number of carbonyl (C=O) groups is 1. The molecule has 0 heterocycles. The van der Waals surface area contributed by atoms with Crippen LogP contribution in [-0.4, -0.2) is 20.0 Å². The second-order valence-corrected chi connectivity index (χ2v) is 3.65. The van der Waals surface area contributed by atoms with Gasteiger partial charge in [0, 0.05) is 6.42 Å². The predicted octanol–water partition coefficient (Wildman–Crippen LogP) is 3.24. The second kappa shape index (κ2) is 6.74. The summed E-state index contributed by atoms with van der Waals surface area (Å²) in [5.41, 5.74) is 0.580. The number of hydrogen-bond donors (Lipinski definition) is 0. The number of hydrogen-bond acceptors (Lipinski definition) is 3. The van der Waals surface area contributed by atoms with Crippen molar-refractivity contribution in [3.8, 4) is 11.5 Å². The summed E-state index contributed by atoms with van der Waals surface area (Å²) in [7, 11) is 3.10. The quantitative estimate of drug-likeness (QED) is 0.413. The lowest BCUT2D eigenvalue weighted by Crippen LogP contribution is -2.03. The Labute approximate surface area is 102 Å². The number of ether oxygens (including phenoxy) is 2. The first-order valence-electron chi connectivity index (χ1n) is 5.59.